The molecule has 13 rings (SSSR count). The highest BCUT2D eigenvalue weighted by Gasteiger charge is 2.51. The Balaban J connectivity index is 1.04. The molecule has 1 aliphatic heterocycles. The minimum Gasteiger partial charge on any atom is -0.309 e. The van der Waals surface area contributed by atoms with Gasteiger partial charge < -0.3 is 9.13 Å². The molecule has 1 atom stereocenters. The summed E-state index contributed by atoms with van der Waals surface area (Å²) in [6.07, 6.45) is 3.92. The highest BCUT2D eigenvalue weighted by atomic mass is 32.2. The third-order valence-corrected chi connectivity index (χ3v) is 13.8. The number of fused-ring (bicyclic) bond motifs is 15. The normalized spacial score (nSPS) is 15.0. The molecule has 0 radical (unpaired) electrons. The van der Waals surface area contributed by atoms with Crippen LogP contribution in [0.1, 0.15) is 22.3 Å². The summed E-state index contributed by atoms with van der Waals surface area (Å²) in [6.45, 7) is 7.79. The lowest BCUT2D eigenvalue weighted by Gasteiger charge is -2.39. The topological polar surface area (TPSA) is 40.0 Å². The summed E-state index contributed by atoms with van der Waals surface area (Å²) < 4.78 is 4.66. The fourth-order valence-electron chi connectivity index (χ4n) is 10.2. The molecule has 0 saturated heterocycles. The second kappa shape index (κ2) is 12.4. The lowest BCUT2D eigenvalue weighted by atomic mass is 9.67. The molecule has 0 fully saturated rings. The molecule has 278 valence electrons. The summed E-state index contributed by atoms with van der Waals surface area (Å²) in [5.41, 5.74) is 15.5. The summed E-state index contributed by atoms with van der Waals surface area (Å²) >= 11 is 1.84. The van der Waals surface area contributed by atoms with Crippen LogP contribution in [-0.4, -0.2) is 19.1 Å². The van der Waals surface area contributed by atoms with Crippen LogP contribution >= 0.6 is 11.8 Å². The third kappa shape index (κ3) is 4.42. The smallest absolute Gasteiger partial charge is 0.188 e. The van der Waals surface area contributed by atoms with Gasteiger partial charge in [-0.1, -0.05) is 115 Å². The van der Waals surface area contributed by atoms with Crippen molar-refractivity contribution in [1.29, 1.82) is 0 Å². The molecule has 0 amide bonds. The van der Waals surface area contributed by atoms with Crippen molar-refractivity contribution in [1.82, 2.24) is 19.1 Å². The van der Waals surface area contributed by atoms with Gasteiger partial charge in [-0.15, -0.1) is 0 Å². The predicted octanol–water partition coefficient (Wildman–Crippen LogP) is 13.7. The average molecular weight is 782 g/mol. The first-order valence-corrected chi connectivity index (χ1v) is 20.9. The van der Waals surface area contributed by atoms with E-state index in [4.69, 9.17) is 16.5 Å². The quantitative estimate of drug-likeness (QED) is 0.168. The van der Waals surface area contributed by atoms with Gasteiger partial charge in [-0.05, 0) is 106 Å². The fraction of sp³-hybridized carbons (Fsp3) is 0.0185. The number of benzene rings is 7. The number of pyridine rings is 2. The van der Waals surface area contributed by atoms with Crippen LogP contribution in [-0.2, 0) is 5.41 Å². The maximum Gasteiger partial charge on any atom is 0.188 e. The number of rotatable bonds is 3. The highest BCUT2D eigenvalue weighted by Crippen LogP contribution is 2.62. The van der Waals surface area contributed by atoms with Gasteiger partial charge in [-0.3, -0.25) is 9.97 Å². The van der Waals surface area contributed by atoms with Crippen molar-refractivity contribution in [2.45, 2.75) is 15.2 Å². The second-order valence-corrected chi connectivity index (χ2v) is 16.7. The van der Waals surface area contributed by atoms with Crippen LogP contribution in [0.15, 0.2) is 198 Å². The Labute approximate surface area is 349 Å². The monoisotopic (exact) mass is 781 g/mol. The molecular formula is C54H31N5S. The van der Waals surface area contributed by atoms with Crippen LogP contribution in [0, 0.1) is 6.57 Å². The zero-order valence-electron chi connectivity index (χ0n) is 32.0. The van der Waals surface area contributed by atoms with E-state index in [1.54, 1.807) is 0 Å². The molecule has 1 aliphatic carbocycles. The fourth-order valence-corrected chi connectivity index (χ4v) is 11.4. The highest BCUT2D eigenvalue weighted by molar-refractivity contribution is 7.99. The van der Waals surface area contributed by atoms with Crippen LogP contribution in [0.4, 0.5) is 5.69 Å². The number of nitrogens with zero attached hydrogens (tertiary/aromatic N) is 5. The number of aromatic nitrogens is 4. The summed E-state index contributed by atoms with van der Waals surface area (Å²) in [5.74, 6) is 0. The molecule has 4 aromatic heterocycles. The van der Waals surface area contributed by atoms with E-state index in [1.807, 2.05) is 42.4 Å². The molecule has 6 heteroatoms. The van der Waals surface area contributed by atoms with E-state index in [0.29, 0.717) is 5.69 Å². The van der Waals surface area contributed by atoms with E-state index in [0.717, 1.165) is 77.9 Å². The Bertz CT molecular complexity index is 3610. The lowest BCUT2D eigenvalue weighted by molar-refractivity contribution is 0.719. The van der Waals surface area contributed by atoms with E-state index in [2.05, 4.69) is 172 Å². The standard InChI is InChI=1S/C54H31N5S/c1-55-35-23-26-49-41(30-35)40-28-33(22-25-48(40)58(49)36-12-3-2-4-13-36)34-21-24-43-51(29-34)60-50-20-10-7-16-42(50)54(43)44-17-11-27-56-52(44)53-45(54)31-37(32-57-53)59-46-18-8-5-14-38(46)39-15-6-9-19-47(39)59/h2-32H. The van der Waals surface area contributed by atoms with Crippen molar-refractivity contribution in [3.05, 3.63) is 222 Å². The first kappa shape index (κ1) is 33.3. The van der Waals surface area contributed by atoms with Gasteiger partial charge in [0.1, 0.15) is 0 Å². The second-order valence-electron chi connectivity index (χ2n) is 15.6. The first-order chi connectivity index (χ1) is 29.7. The van der Waals surface area contributed by atoms with Gasteiger partial charge in [-0.25, -0.2) is 4.85 Å². The molecule has 0 N–H and O–H groups in total. The maximum absolute atomic E-state index is 7.79. The van der Waals surface area contributed by atoms with Gasteiger partial charge in [0, 0.05) is 43.4 Å². The molecule has 0 saturated carbocycles. The Morgan fingerprint density at radius 3 is 1.88 bits per heavy atom. The maximum atomic E-state index is 7.79. The Hall–Kier alpha value is -7.72. The Kier molecular flexibility index (Phi) is 6.87. The number of hydrogen-bond donors (Lipinski definition) is 0. The molecule has 7 aromatic carbocycles. The summed E-state index contributed by atoms with van der Waals surface area (Å²) in [5, 5.41) is 4.64. The van der Waals surface area contributed by atoms with E-state index >= 15 is 0 Å². The minimum atomic E-state index is -0.639. The van der Waals surface area contributed by atoms with Gasteiger partial charge in [0.05, 0.1) is 57.3 Å². The molecule has 60 heavy (non-hydrogen) atoms. The molecule has 1 spiro atoms. The van der Waals surface area contributed by atoms with Crippen LogP contribution in [0.2, 0.25) is 0 Å². The molecule has 5 heterocycles. The van der Waals surface area contributed by atoms with Crippen LogP contribution < -0.4 is 0 Å². The van der Waals surface area contributed by atoms with Crippen LogP contribution in [0.3, 0.4) is 0 Å². The lowest BCUT2D eigenvalue weighted by Crippen LogP contribution is -2.32. The van der Waals surface area contributed by atoms with Gasteiger partial charge in [-0.2, -0.15) is 0 Å². The summed E-state index contributed by atoms with van der Waals surface area (Å²) in [6, 6.07) is 63.1. The van der Waals surface area contributed by atoms with Crippen molar-refractivity contribution in [2.75, 3.05) is 0 Å². The zero-order valence-corrected chi connectivity index (χ0v) is 32.9. The van der Waals surface area contributed by atoms with Crippen LogP contribution in [0.5, 0.6) is 0 Å². The number of para-hydroxylation sites is 3. The third-order valence-electron chi connectivity index (χ3n) is 12.7. The van der Waals surface area contributed by atoms with Crippen molar-refractivity contribution in [3.63, 3.8) is 0 Å². The van der Waals surface area contributed by atoms with Gasteiger partial charge in [0.2, 0.25) is 0 Å². The van der Waals surface area contributed by atoms with Crippen LogP contribution in [0.25, 0.3) is 82.3 Å². The molecule has 5 nitrogen and oxygen atoms in total. The van der Waals surface area contributed by atoms with Gasteiger partial charge >= 0.3 is 0 Å². The van der Waals surface area contributed by atoms with E-state index in [-0.39, 0.29) is 0 Å². The van der Waals surface area contributed by atoms with E-state index in [9.17, 15) is 0 Å². The SMILES string of the molecule is [C-]#[N+]c1ccc2c(c1)c1cc(-c3ccc4c(c3)Sc3ccccc3C43c4cccnc4-c4ncc(-n5c6ccccc6c6ccccc65)cc43)ccc1n2-c1ccccc1. The van der Waals surface area contributed by atoms with Crippen molar-refractivity contribution in [3.8, 4) is 33.9 Å². The largest absolute Gasteiger partial charge is 0.309 e. The molecule has 1 unspecified atom stereocenters. The summed E-state index contributed by atoms with van der Waals surface area (Å²) in [7, 11) is 0. The van der Waals surface area contributed by atoms with Gasteiger partial charge in [0.15, 0.2) is 5.69 Å². The molecule has 0 bridgehead atoms. The number of hydrogen-bond acceptors (Lipinski definition) is 3. The van der Waals surface area contributed by atoms with Crippen molar-refractivity contribution >= 4 is 61.1 Å². The average Bonchev–Trinajstić information content (AvgIpc) is 3.93. The predicted molar refractivity (Wildman–Crippen MR) is 244 cm³/mol. The minimum absolute atomic E-state index is 0.636. The molecule has 2 aliphatic rings. The zero-order chi connectivity index (χ0) is 39.5. The molecule has 11 aromatic rings. The molecular weight excluding hydrogens is 751 g/mol. The summed E-state index contributed by atoms with van der Waals surface area (Å²) in [4.78, 5) is 16.6. The van der Waals surface area contributed by atoms with E-state index < -0.39 is 5.41 Å². The Morgan fingerprint density at radius 2 is 1.07 bits per heavy atom. The first-order valence-electron chi connectivity index (χ1n) is 20.1. The van der Waals surface area contributed by atoms with Gasteiger partial charge in [0.25, 0.3) is 0 Å². The Morgan fingerprint density at radius 1 is 0.450 bits per heavy atom. The van der Waals surface area contributed by atoms with E-state index in [1.165, 1.54) is 31.7 Å². The van der Waals surface area contributed by atoms with Crippen molar-refractivity contribution < 1.29 is 0 Å². The van der Waals surface area contributed by atoms with Crippen molar-refractivity contribution in [2.24, 2.45) is 0 Å².